The largest absolute Gasteiger partial charge is 0.496 e. The van der Waals surface area contributed by atoms with Crippen LogP contribution >= 0.6 is 0 Å². The maximum atomic E-state index is 13.0. The first-order valence-electron chi connectivity index (χ1n) is 8.57. The second kappa shape index (κ2) is 6.73. The van der Waals surface area contributed by atoms with Gasteiger partial charge in [0, 0.05) is 25.8 Å². The fraction of sp³-hybridized carbons (Fsp3) is 0.632. The summed E-state index contributed by atoms with van der Waals surface area (Å²) in [6.45, 7) is 5.65. The van der Waals surface area contributed by atoms with E-state index in [4.69, 9.17) is 14.2 Å². The molecule has 0 radical (unpaired) electrons. The van der Waals surface area contributed by atoms with Crippen molar-refractivity contribution in [3.8, 4) is 5.75 Å². The first-order chi connectivity index (χ1) is 11.4. The molecule has 1 heterocycles. The van der Waals surface area contributed by atoms with Crippen LogP contribution in [-0.2, 0) is 9.47 Å². The van der Waals surface area contributed by atoms with Gasteiger partial charge in [0.15, 0.2) is 0 Å². The number of hydrogen-bond acceptors (Lipinski definition) is 4. The fourth-order valence-electron chi connectivity index (χ4n) is 3.49. The smallest absolute Gasteiger partial charge is 0.254 e. The Bertz CT molecular complexity index is 609. The monoisotopic (exact) mass is 333 g/mol. The van der Waals surface area contributed by atoms with E-state index < -0.39 is 0 Å². The van der Waals surface area contributed by atoms with Crippen molar-refractivity contribution < 1.29 is 19.0 Å². The number of amides is 1. The van der Waals surface area contributed by atoms with Crippen molar-refractivity contribution in [3.63, 3.8) is 0 Å². The van der Waals surface area contributed by atoms with Gasteiger partial charge in [-0.25, -0.2) is 0 Å². The lowest BCUT2D eigenvalue weighted by molar-refractivity contribution is -0.143. The molecular weight excluding hydrogens is 306 g/mol. The quantitative estimate of drug-likeness (QED) is 0.831. The van der Waals surface area contributed by atoms with Crippen LogP contribution in [0.25, 0.3) is 0 Å². The normalized spacial score (nSPS) is 23.2. The SMILES string of the molecule is COCC1CN(C(=O)c2ccc(OC)c(C3CC3)c2)CC(C)(C)O1. The van der Waals surface area contributed by atoms with Crippen LogP contribution < -0.4 is 4.74 Å². The van der Waals surface area contributed by atoms with Gasteiger partial charge in [0.2, 0.25) is 0 Å². The molecule has 0 N–H and O–H groups in total. The lowest BCUT2D eigenvalue weighted by Crippen LogP contribution is -2.55. The van der Waals surface area contributed by atoms with Crippen LogP contribution in [0.5, 0.6) is 5.75 Å². The van der Waals surface area contributed by atoms with E-state index in [1.165, 1.54) is 12.8 Å². The molecule has 1 saturated carbocycles. The zero-order chi connectivity index (χ0) is 17.3. The summed E-state index contributed by atoms with van der Waals surface area (Å²) >= 11 is 0. The van der Waals surface area contributed by atoms with Crippen molar-refractivity contribution in [1.29, 1.82) is 0 Å². The number of morpholine rings is 1. The molecule has 0 bridgehead atoms. The first kappa shape index (κ1) is 17.2. The zero-order valence-corrected chi connectivity index (χ0v) is 15.0. The van der Waals surface area contributed by atoms with Gasteiger partial charge in [0.05, 0.1) is 25.4 Å². The molecule has 3 rings (SSSR count). The molecule has 0 spiro atoms. The van der Waals surface area contributed by atoms with Gasteiger partial charge >= 0.3 is 0 Å². The summed E-state index contributed by atoms with van der Waals surface area (Å²) < 4.78 is 16.7. The maximum absolute atomic E-state index is 13.0. The van der Waals surface area contributed by atoms with Crippen molar-refractivity contribution in [2.24, 2.45) is 0 Å². The van der Waals surface area contributed by atoms with Gasteiger partial charge in [0.1, 0.15) is 5.75 Å². The van der Waals surface area contributed by atoms with E-state index in [-0.39, 0.29) is 17.6 Å². The summed E-state index contributed by atoms with van der Waals surface area (Å²) in [6.07, 6.45) is 2.26. The molecule has 1 amide bonds. The van der Waals surface area contributed by atoms with E-state index in [1.807, 2.05) is 36.9 Å². The van der Waals surface area contributed by atoms with Crippen LogP contribution in [0.2, 0.25) is 0 Å². The number of rotatable bonds is 5. The summed E-state index contributed by atoms with van der Waals surface area (Å²) in [5, 5.41) is 0. The number of carbonyl (C=O) groups excluding carboxylic acids is 1. The molecule has 5 heteroatoms. The molecule has 1 aliphatic carbocycles. The summed E-state index contributed by atoms with van der Waals surface area (Å²) in [6, 6.07) is 5.78. The molecule has 1 atom stereocenters. The molecule has 0 aromatic heterocycles. The summed E-state index contributed by atoms with van der Waals surface area (Å²) in [5.74, 6) is 1.47. The Hall–Kier alpha value is -1.59. The van der Waals surface area contributed by atoms with Gasteiger partial charge in [-0.1, -0.05) is 0 Å². The lowest BCUT2D eigenvalue weighted by atomic mass is 10.0. The lowest BCUT2D eigenvalue weighted by Gasteiger charge is -2.42. The van der Waals surface area contributed by atoms with E-state index >= 15 is 0 Å². The van der Waals surface area contributed by atoms with Crippen molar-refractivity contribution in [1.82, 2.24) is 4.90 Å². The molecule has 2 aliphatic rings. The second-order valence-corrected chi connectivity index (χ2v) is 7.37. The molecule has 24 heavy (non-hydrogen) atoms. The average molecular weight is 333 g/mol. The number of nitrogens with zero attached hydrogens (tertiary/aromatic N) is 1. The summed E-state index contributed by atoms with van der Waals surface area (Å²) in [5.41, 5.74) is 1.51. The third-order valence-electron chi connectivity index (χ3n) is 4.61. The molecule has 1 aromatic rings. The maximum Gasteiger partial charge on any atom is 0.254 e. The molecule has 132 valence electrons. The number of hydrogen-bond donors (Lipinski definition) is 0. The average Bonchev–Trinajstić information content (AvgIpc) is 3.37. The molecule has 1 aromatic carbocycles. The van der Waals surface area contributed by atoms with E-state index in [0.717, 1.165) is 16.9 Å². The fourth-order valence-corrected chi connectivity index (χ4v) is 3.49. The minimum Gasteiger partial charge on any atom is -0.496 e. The van der Waals surface area contributed by atoms with Gasteiger partial charge in [0.25, 0.3) is 5.91 Å². The van der Waals surface area contributed by atoms with E-state index in [0.29, 0.717) is 25.6 Å². The minimum atomic E-state index is -0.372. The molecular formula is C19H27NO4. The van der Waals surface area contributed by atoms with E-state index in [2.05, 4.69) is 0 Å². The highest BCUT2D eigenvalue weighted by Gasteiger charge is 2.36. The number of benzene rings is 1. The van der Waals surface area contributed by atoms with Crippen molar-refractivity contribution in [2.75, 3.05) is 33.9 Å². The predicted molar refractivity (Wildman–Crippen MR) is 91.7 cm³/mol. The van der Waals surface area contributed by atoms with Gasteiger partial charge < -0.3 is 19.1 Å². The van der Waals surface area contributed by atoms with Crippen LogP contribution in [0.3, 0.4) is 0 Å². The van der Waals surface area contributed by atoms with Gasteiger partial charge in [-0.15, -0.1) is 0 Å². The standard InChI is InChI=1S/C19H27NO4/c1-19(2)12-20(10-15(24-19)11-22-3)18(21)14-7-8-17(23-4)16(9-14)13-5-6-13/h7-9,13,15H,5-6,10-12H2,1-4H3. The highest BCUT2D eigenvalue weighted by Crippen LogP contribution is 2.44. The number of methoxy groups -OCH3 is 2. The summed E-state index contributed by atoms with van der Waals surface area (Å²) in [4.78, 5) is 14.9. The Morgan fingerprint density at radius 2 is 2.08 bits per heavy atom. The van der Waals surface area contributed by atoms with Gasteiger partial charge in [-0.3, -0.25) is 4.79 Å². The molecule has 1 unspecified atom stereocenters. The zero-order valence-electron chi connectivity index (χ0n) is 15.0. The van der Waals surface area contributed by atoms with Gasteiger partial charge in [-0.05, 0) is 56.4 Å². The Morgan fingerprint density at radius 1 is 1.33 bits per heavy atom. The number of ether oxygens (including phenoxy) is 3. The van der Waals surface area contributed by atoms with Crippen LogP contribution in [-0.4, -0.2) is 56.4 Å². The summed E-state index contributed by atoms with van der Waals surface area (Å²) in [7, 11) is 3.34. The highest BCUT2D eigenvalue weighted by molar-refractivity contribution is 5.95. The van der Waals surface area contributed by atoms with Crippen LogP contribution in [0.15, 0.2) is 18.2 Å². The number of carbonyl (C=O) groups is 1. The van der Waals surface area contributed by atoms with Crippen molar-refractivity contribution in [3.05, 3.63) is 29.3 Å². The highest BCUT2D eigenvalue weighted by atomic mass is 16.5. The Labute approximate surface area is 143 Å². The van der Waals surface area contributed by atoms with Crippen LogP contribution in [0.1, 0.15) is 48.5 Å². The van der Waals surface area contributed by atoms with E-state index in [1.54, 1.807) is 14.2 Å². The molecule has 1 saturated heterocycles. The van der Waals surface area contributed by atoms with Crippen LogP contribution in [0, 0.1) is 0 Å². The Balaban J connectivity index is 1.81. The molecule has 1 aliphatic heterocycles. The van der Waals surface area contributed by atoms with Crippen molar-refractivity contribution >= 4 is 5.91 Å². The third-order valence-corrected chi connectivity index (χ3v) is 4.61. The Morgan fingerprint density at radius 3 is 2.71 bits per heavy atom. The van der Waals surface area contributed by atoms with E-state index in [9.17, 15) is 4.79 Å². The second-order valence-electron chi connectivity index (χ2n) is 7.37. The first-order valence-corrected chi connectivity index (χ1v) is 8.57. The minimum absolute atomic E-state index is 0.0528. The van der Waals surface area contributed by atoms with Crippen molar-refractivity contribution in [2.45, 2.75) is 44.3 Å². The third kappa shape index (κ3) is 3.73. The predicted octanol–water partition coefficient (Wildman–Crippen LogP) is 2.84. The van der Waals surface area contributed by atoms with Gasteiger partial charge in [-0.2, -0.15) is 0 Å². The molecule has 2 fully saturated rings. The molecule has 5 nitrogen and oxygen atoms in total. The Kier molecular flexibility index (Phi) is 4.83. The topological polar surface area (TPSA) is 48.0 Å². The van der Waals surface area contributed by atoms with Crippen LogP contribution in [0.4, 0.5) is 0 Å².